The molecule has 2 aliphatic rings. The predicted octanol–water partition coefficient (Wildman–Crippen LogP) is 1.65. The summed E-state index contributed by atoms with van der Waals surface area (Å²) in [6.07, 6.45) is 5.87. The van der Waals surface area contributed by atoms with Gasteiger partial charge in [0, 0.05) is 37.8 Å². The highest BCUT2D eigenvalue weighted by atomic mass is 16.2. The Labute approximate surface area is 137 Å². The van der Waals surface area contributed by atoms with Gasteiger partial charge in [-0.1, -0.05) is 31.4 Å². The highest BCUT2D eigenvalue weighted by Gasteiger charge is 2.35. The zero-order valence-corrected chi connectivity index (χ0v) is 13.8. The lowest BCUT2D eigenvalue weighted by molar-refractivity contribution is -0.145. The molecule has 0 radical (unpaired) electrons. The van der Waals surface area contributed by atoms with Gasteiger partial charge in [-0.05, 0) is 30.5 Å². The minimum atomic E-state index is -0.443. The van der Waals surface area contributed by atoms with Gasteiger partial charge in [-0.25, -0.2) is 0 Å². The van der Waals surface area contributed by atoms with Crippen LogP contribution >= 0.6 is 0 Å². The number of likely N-dealkylation sites (N-methyl/N-ethyl adjacent to an activating group) is 1. The summed E-state index contributed by atoms with van der Waals surface area (Å²) >= 11 is 0. The molecule has 1 aromatic rings. The quantitative estimate of drug-likeness (QED) is 0.863. The smallest absolute Gasteiger partial charge is 0.316 e. The van der Waals surface area contributed by atoms with Crippen molar-refractivity contribution >= 4 is 17.5 Å². The van der Waals surface area contributed by atoms with Crippen LogP contribution in [0.2, 0.25) is 0 Å². The van der Waals surface area contributed by atoms with E-state index in [0.717, 1.165) is 18.5 Å². The molecule has 5 nitrogen and oxygen atoms in total. The van der Waals surface area contributed by atoms with Gasteiger partial charge in [0.2, 0.25) is 0 Å². The van der Waals surface area contributed by atoms with Crippen LogP contribution in [0.3, 0.4) is 0 Å². The van der Waals surface area contributed by atoms with Crippen LogP contribution in [0, 0.1) is 0 Å². The molecule has 0 bridgehead atoms. The van der Waals surface area contributed by atoms with E-state index >= 15 is 0 Å². The van der Waals surface area contributed by atoms with Gasteiger partial charge in [0.15, 0.2) is 0 Å². The molecule has 1 aromatic carbocycles. The Morgan fingerprint density at radius 2 is 1.83 bits per heavy atom. The van der Waals surface area contributed by atoms with E-state index in [-0.39, 0.29) is 5.41 Å². The third kappa shape index (κ3) is 2.85. The zero-order valence-electron chi connectivity index (χ0n) is 13.8. The number of piperazine rings is 1. The second-order valence-electron chi connectivity index (χ2n) is 6.78. The van der Waals surface area contributed by atoms with E-state index in [4.69, 9.17) is 5.73 Å². The number of rotatable bonds is 3. The van der Waals surface area contributed by atoms with Crippen molar-refractivity contribution in [2.24, 2.45) is 5.73 Å². The molecule has 0 spiro atoms. The molecule has 5 heteroatoms. The van der Waals surface area contributed by atoms with Crippen LogP contribution in [-0.2, 0) is 15.0 Å². The van der Waals surface area contributed by atoms with Gasteiger partial charge >= 0.3 is 11.8 Å². The van der Waals surface area contributed by atoms with Crippen molar-refractivity contribution in [1.82, 2.24) is 4.90 Å². The molecule has 2 fully saturated rings. The first-order valence-electron chi connectivity index (χ1n) is 8.45. The summed E-state index contributed by atoms with van der Waals surface area (Å²) in [6, 6.07) is 8.07. The Morgan fingerprint density at radius 3 is 2.52 bits per heavy atom. The zero-order chi connectivity index (χ0) is 16.4. The van der Waals surface area contributed by atoms with Crippen molar-refractivity contribution < 1.29 is 9.59 Å². The van der Waals surface area contributed by atoms with E-state index in [1.165, 1.54) is 29.7 Å². The van der Waals surface area contributed by atoms with Crippen LogP contribution < -0.4 is 10.6 Å². The van der Waals surface area contributed by atoms with Crippen molar-refractivity contribution in [2.45, 2.75) is 37.5 Å². The van der Waals surface area contributed by atoms with Crippen LogP contribution in [0.15, 0.2) is 24.3 Å². The van der Waals surface area contributed by atoms with Gasteiger partial charge in [0.05, 0.1) is 0 Å². The van der Waals surface area contributed by atoms with Gasteiger partial charge in [-0.15, -0.1) is 0 Å². The standard InChI is InChI=1S/C18H25N3O2/c1-20-10-11-21(17(23)16(20)22)15-7-5-6-14(12-15)18(13-19)8-3-2-4-9-18/h5-7,12H,2-4,8-11,13,19H2,1H3. The maximum absolute atomic E-state index is 12.3. The van der Waals surface area contributed by atoms with Gasteiger partial charge in [0.1, 0.15) is 0 Å². The second-order valence-corrected chi connectivity index (χ2v) is 6.78. The lowest BCUT2D eigenvalue weighted by Gasteiger charge is -2.38. The second kappa shape index (κ2) is 6.32. The van der Waals surface area contributed by atoms with Crippen LogP contribution in [0.5, 0.6) is 0 Å². The van der Waals surface area contributed by atoms with Crippen molar-refractivity contribution in [3.8, 4) is 0 Å². The molecule has 124 valence electrons. The maximum Gasteiger partial charge on any atom is 0.316 e. The molecule has 3 rings (SSSR count). The number of benzene rings is 1. The summed E-state index contributed by atoms with van der Waals surface area (Å²) < 4.78 is 0. The molecule has 1 aliphatic carbocycles. The Morgan fingerprint density at radius 1 is 1.09 bits per heavy atom. The number of hydrogen-bond acceptors (Lipinski definition) is 3. The van der Waals surface area contributed by atoms with E-state index in [1.807, 2.05) is 12.1 Å². The fraction of sp³-hybridized carbons (Fsp3) is 0.556. The summed E-state index contributed by atoms with van der Waals surface area (Å²) in [5, 5.41) is 0. The third-order valence-electron chi connectivity index (χ3n) is 5.41. The van der Waals surface area contributed by atoms with E-state index in [9.17, 15) is 9.59 Å². The lowest BCUT2D eigenvalue weighted by Crippen LogP contribution is -2.53. The van der Waals surface area contributed by atoms with Crippen LogP contribution in [0.1, 0.15) is 37.7 Å². The summed E-state index contributed by atoms with van der Waals surface area (Å²) in [4.78, 5) is 27.3. The molecule has 1 saturated carbocycles. The lowest BCUT2D eigenvalue weighted by atomic mass is 9.69. The van der Waals surface area contributed by atoms with Crippen LogP contribution in [0.4, 0.5) is 5.69 Å². The van der Waals surface area contributed by atoms with Gasteiger partial charge in [-0.3, -0.25) is 9.59 Å². The summed E-state index contributed by atoms with van der Waals surface area (Å²) in [7, 11) is 1.67. The van der Waals surface area contributed by atoms with Crippen molar-refractivity contribution in [2.75, 3.05) is 31.6 Å². The van der Waals surface area contributed by atoms with E-state index in [1.54, 1.807) is 11.9 Å². The van der Waals surface area contributed by atoms with Crippen molar-refractivity contribution in [1.29, 1.82) is 0 Å². The molecule has 0 atom stereocenters. The molecule has 23 heavy (non-hydrogen) atoms. The fourth-order valence-electron chi connectivity index (χ4n) is 3.82. The summed E-state index contributed by atoms with van der Waals surface area (Å²) in [5.41, 5.74) is 8.16. The largest absolute Gasteiger partial charge is 0.336 e. The normalized spacial score (nSPS) is 21.7. The van der Waals surface area contributed by atoms with E-state index < -0.39 is 11.8 Å². The molecule has 1 heterocycles. The third-order valence-corrected chi connectivity index (χ3v) is 5.41. The Kier molecular flexibility index (Phi) is 4.39. The molecular formula is C18H25N3O2. The van der Waals surface area contributed by atoms with E-state index in [0.29, 0.717) is 19.6 Å². The maximum atomic E-state index is 12.3. The van der Waals surface area contributed by atoms with Gasteiger partial charge < -0.3 is 15.5 Å². The average Bonchev–Trinajstić information content (AvgIpc) is 2.60. The Balaban J connectivity index is 1.91. The number of carbonyl (C=O) groups excluding carboxylic acids is 2. The average molecular weight is 315 g/mol. The minimum absolute atomic E-state index is 0.0217. The number of carbonyl (C=O) groups is 2. The molecule has 2 N–H and O–H groups in total. The first-order chi connectivity index (χ1) is 11.1. The van der Waals surface area contributed by atoms with Crippen LogP contribution in [0.25, 0.3) is 0 Å². The number of hydrogen-bond donors (Lipinski definition) is 1. The fourth-order valence-corrected chi connectivity index (χ4v) is 3.82. The van der Waals surface area contributed by atoms with Crippen LogP contribution in [-0.4, -0.2) is 43.4 Å². The number of nitrogens with two attached hydrogens (primary N) is 1. The summed E-state index contributed by atoms with van der Waals surface area (Å²) in [5.74, 6) is -0.880. The molecule has 0 unspecified atom stereocenters. The molecule has 0 aromatic heterocycles. The monoisotopic (exact) mass is 315 g/mol. The topological polar surface area (TPSA) is 66.6 Å². The number of amides is 2. The van der Waals surface area contributed by atoms with E-state index in [2.05, 4.69) is 12.1 Å². The molecule has 1 saturated heterocycles. The van der Waals surface area contributed by atoms with Crippen molar-refractivity contribution in [3.63, 3.8) is 0 Å². The number of anilines is 1. The Bertz CT molecular complexity index is 608. The molecule has 2 amide bonds. The van der Waals surface area contributed by atoms with Gasteiger partial charge in [0.25, 0.3) is 0 Å². The number of nitrogens with zero attached hydrogens (tertiary/aromatic N) is 2. The highest BCUT2D eigenvalue weighted by molar-refractivity contribution is 6.40. The minimum Gasteiger partial charge on any atom is -0.336 e. The summed E-state index contributed by atoms with van der Waals surface area (Å²) in [6.45, 7) is 1.74. The predicted molar refractivity (Wildman–Crippen MR) is 90.2 cm³/mol. The SMILES string of the molecule is CN1CCN(c2cccc(C3(CN)CCCCC3)c2)C(=O)C1=O. The first-order valence-corrected chi connectivity index (χ1v) is 8.45. The van der Waals surface area contributed by atoms with Gasteiger partial charge in [-0.2, -0.15) is 0 Å². The first kappa shape index (κ1) is 16.0. The molecular weight excluding hydrogens is 290 g/mol. The molecule has 1 aliphatic heterocycles. The van der Waals surface area contributed by atoms with Crippen molar-refractivity contribution in [3.05, 3.63) is 29.8 Å². The highest BCUT2D eigenvalue weighted by Crippen LogP contribution is 2.39. The Hall–Kier alpha value is -1.88.